The highest BCUT2D eigenvalue weighted by atomic mass is 32.2. The van der Waals surface area contributed by atoms with Gasteiger partial charge < -0.3 is 9.84 Å². The summed E-state index contributed by atoms with van der Waals surface area (Å²) in [5.41, 5.74) is 1.09. The van der Waals surface area contributed by atoms with Crippen molar-refractivity contribution >= 4 is 17.7 Å². The molecule has 1 N–H and O–H groups in total. The number of methoxy groups -OCH3 is 1. The van der Waals surface area contributed by atoms with Crippen molar-refractivity contribution in [3.8, 4) is 5.75 Å². The van der Waals surface area contributed by atoms with E-state index in [1.54, 1.807) is 7.11 Å². The number of hydrogen-bond acceptors (Lipinski definition) is 8. The maximum absolute atomic E-state index is 13.2. The van der Waals surface area contributed by atoms with Crippen LogP contribution in [-0.4, -0.2) is 87.3 Å². The first-order valence-electron chi connectivity index (χ1n) is 10.0. The van der Waals surface area contributed by atoms with Crippen molar-refractivity contribution in [1.29, 1.82) is 0 Å². The zero-order valence-corrected chi connectivity index (χ0v) is 17.6. The molecule has 0 bridgehead atoms. The van der Waals surface area contributed by atoms with Crippen molar-refractivity contribution in [3.05, 3.63) is 35.7 Å². The van der Waals surface area contributed by atoms with Crippen LogP contribution < -0.4 is 4.74 Å². The number of carbonyl (C=O) groups excluding carboxylic acids is 1. The molecule has 2 unspecified atom stereocenters. The molecular formula is C20H27N5O3S. The summed E-state index contributed by atoms with van der Waals surface area (Å²) in [5, 5.41) is 14.0. The second kappa shape index (κ2) is 8.83. The van der Waals surface area contributed by atoms with E-state index in [0.29, 0.717) is 23.9 Å². The van der Waals surface area contributed by atoms with Crippen molar-refractivity contribution in [1.82, 2.24) is 24.6 Å². The van der Waals surface area contributed by atoms with Gasteiger partial charge >= 0.3 is 0 Å². The Kier molecular flexibility index (Phi) is 6.19. The maximum Gasteiger partial charge on any atom is 0.264 e. The summed E-state index contributed by atoms with van der Waals surface area (Å²) < 4.78 is 6.78. The summed E-state index contributed by atoms with van der Waals surface area (Å²) in [4.78, 5) is 22.4. The number of piperazine rings is 1. The van der Waals surface area contributed by atoms with Crippen LogP contribution in [0.1, 0.15) is 29.1 Å². The van der Waals surface area contributed by atoms with Crippen molar-refractivity contribution in [3.63, 3.8) is 0 Å². The van der Waals surface area contributed by atoms with Gasteiger partial charge in [0, 0.05) is 39.1 Å². The van der Waals surface area contributed by atoms with E-state index in [1.165, 1.54) is 16.4 Å². The fraction of sp³-hybridized carbons (Fsp3) is 0.550. The standard InChI is InChI=1S/C20H27N5O3S/c1-3-16-21-20-25(22-16)19(27)18(29-20)17(14-4-6-15(28-2)7-5-14)24-10-8-23(9-11-24)12-13-26/h4-7,17-18,26H,3,8-13H2,1-2H3. The van der Waals surface area contributed by atoms with Gasteiger partial charge in [0.05, 0.1) is 19.8 Å². The first-order chi connectivity index (χ1) is 14.1. The van der Waals surface area contributed by atoms with Crippen LogP contribution in [0.25, 0.3) is 0 Å². The number of fused-ring (bicyclic) bond motifs is 1. The van der Waals surface area contributed by atoms with Crippen LogP contribution in [0.3, 0.4) is 0 Å². The van der Waals surface area contributed by atoms with Crippen molar-refractivity contribution in [2.45, 2.75) is 29.8 Å². The molecule has 9 heteroatoms. The van der Waals surface area contributed by atoms with Gasteiger partial charge in [0.15, 0.2) is 11.0 Å². The Bertz CT molecular complexity index is 848. The number of β-amino-alcohol motifs (C(OH)–C–C–N with tert-alkyl or cyclic N) is 1. The minimum atomic E-state index is -0.284. The van der Waals surface area contributed by atoms with Gasteiger partial charge in [-0.15, -0.1) is 5.10 Å². The molecular weight excluding hydrogens is 390 g/mol. The van der Waals surface area contributed by atoms with E-state index < -0.39 is 0 Å². The normalized spacial score (nSPS) is 21.3. The van der Waals surface area contributed by atoms with Crippen molar-refractivity contribution < 1.29 is 14.6 Å². The molecule has 1 aromatic heterocycles. The van der Waals surface area contributed by atoms with Gasteiger partial charge in [-0.3, -0.25) is 14.6 Å². The lowest BCUT2D eigenvalue weighted by molar-refractivity contribution is 0.0688. The summed E-state index contributed by atoms with van der Waals surface area (Å²) >= 11 is 1.51. The highest BCUT2D eigenvalue weighted by molar-refractivity contribution is 8.00. The summed E-state index contributed by atoms with van der Waals surface area (Å²) in [5.74, 6) is 1.50. The smallest absolute Gasteiger partial charge is 0.264 e. The largest absolute Gasteiger partial charge is 0.497 e. The Morgan fingerprint density at radius 1 is 1.24 bits per heavy atom. The second-order valence-corrected chi connectivity index (χ2v) is 8.38. The van der Waals surface area contributed by atoms with Crippen LogP contribution in [0.15, 0.2) is 29.4 Å². The SMILES string of the molecule is CCc1nc2n(n1)C(=O)C(C(c1ccc(OC)cc1)N1CCN(CCO)CC1)S2. The molecule has 0 radical (unpaired) electrons. The number of aryl methyl sites for hydroxylation is 1. The van der Waals surface area contributed by atoms with E-state index in [-0.39, 0.29) is 23.8 Å². The Hall–Kier alpha value is -1.94. The molecule has 156 valence electrons. The third-order valence-electron chi connectivity index (χ3n) is 5.58. The first-order valence-corrected chi connectivity index (χ1v) is 10.9. The maximum atomic E-state index is 13.2. The van der Waals surface area contributed by atoms with Gasteiger partial charge in [-0.2, -0.15) is 4.68 Å². The summed E-state index contributed by atoms with van der Waals surface area (Å²) in [7, 11) is 1.65. The monoisotopic (exact) mass is 417 g/mol. The minimum Gasteiger partial charge on any atom is -0.497 e. The molecule has 0 aliphatic carbocycles. The molecule has 2 atom stereocenters. The number of rotatable bonds is 7. The number of ether oxygens (including phenoxy) is 1. The average Bonchev–Trinajstić information content (AvgIpc) is 3.29. The van der Waals surface area contributed by atoms with Gasteiger partial charge in [0.1, 0.15) is 11.0 Å². The highest BCUT2D eigenvalue weighted by Gasteiger charge is 2.43. The topological polar surface area (TPSA) is 83.7 Å². The first kappa shape index (κ1) is 20.3. The summed E-state index contributed by atoms with van der Waals surface area (Å²) in [6, 6.07) is 7.91. The Morgan fingerprint density at radius 3 is 2.55 bits per heavy atom. The van der Waals surface area contributed by atoms with E-state index in [4.69, 9.17) is 4.74 Å². The second-order valence-electron chi connectivity index (χ2n) is 7.27. The van der Waals surface area contributed by atoms with E-state index in [1.807, 2.05) is 31.2 Å². The third kappa shape index (κ3) is 4.05. The van der Waals surface area contributed by atoms with Gasteiger partial charge in [-0.1, -0.05) is 30.8 Å². The number of thioether (sulfide) groups is 1. The Balaban J connectivity index is 1.60. The number of carbonyl (C=O) groups is 1. The third-order valence-corrected chi connectivity index (χ3v) is 6.77. The molecule has 0 saturated carbocycles. The molecule has 1 aromatic carbocycles. The van der Waals surface area contributed by atoms with Crippen molar-refractivity contribution in [2.24, 2.45) is 0 Å². The van der Waals surface area contributed by atoms with Crippen molar-refractivity contribution in [2.75, 3.05) is 46.4 Å². The van der Waals surface area contributed by atoms with Gasteiger partial charge in [0.25, 0.3) is 5.91 Å². The van der Waals surface area contributed by atoms with Crippen LogP contribution in [0.4, 0.5) is 0 Å². The summed E-state index contributed by atoms with van der Waals surface area (Å²) in [6.07, 6.45) is 0.716. The number of aromatic nitrogens is 3. The molecule has 4 rings (SSSR count). The van der Waals surface area contributed by atoms with Gasteiger partial charge in [-0.25, -0.2) is 4.98 Å². The van der Waals surface area contributed by atoms with E-state index in [9.17, 15) is 9.90 Å². The number of benzene rings is 1. The molecule has 29 heavy (non-hydrogen) atoms. The zero-order valence-electron chi connectivity index (χ0n) is 16.8. The molecule has 1 saturated heterocycles. The molecule has 8 nitrogen and oxygen atoms in total. The lowest BCUT2D eigenvalue weighted by Gasteiger charge is -2.40. The van der Waals surface area contributed by atoms with Gasteiger partial charge in [0.2, 0.25) is 0 Å². The van der Waals surface area contributed by atoms with E-state index in [2.05, 4.69) is 19.9 Å². The zero-order chi connectivity index (χ0) is 20.4. The van der Waals surface area contributed by atoms with Crippen LogP contribution >= 0.6 is 11.8 Å². The lowest BCUT2D eigenvalue weighted by Crippen LogP contribution is -2.50. The molecule has 2 aliphatic heterocycles. The Labute approximate surface area is 174 Å². The fourth-order valence-corrected chi connectivity index (χ4v) is 5.25. The number of aliphatic hydroxyl groups is 1. The van der Waals surface area contributed by atoms with Gasteiger partial charge in [-0.05, 0) is 17.7 Å². The number of nitrogens with zero attached hydrogens (tertiary/aromatic N) is 5. The Morgan fingerprint density at radius 2 is 1.97 bits per heavy atom. The fourth-order valence-electron chi connectivity index (χ4n) is 3.98. The predicted octanol–water partition coefficient (Wildman–Crippen LogP) is 1.31. The summed E-state index contributed by atoms with van der Waals surface area (Å²) in [6.45, 7) is 6.30. The molecule has 1 fully saturated rings. The minimum absolute atomic E-state index is 0.00388. The molecule has 2 aliphatic rings. The van der Waals surface area contributed by atoms with Crippen LogP contribution in [0.2, 0.25) is 0 Å². The lowest BCUT2D eigenvalue weighted by atomic mass is 9.99. The number of aliphatic hydroxyl groups excluding tert-OH is 1. The molecule has 3 heterocycles. The van der Waals surface area contributed by atoms with Crippen LogP contribution in [0.5, 0.6) is 5.75 Å². The number of hydrogen-bond donors (Lipinski definition) is 1. The van der Waals surface area contributed by atoms with E-state index >= 15 is 0 Å². The van der Waals surface area contributed by atoms with Crippen LogP contribution in [-0.2, 0) is 6.42 Å². The molecule has 2 aromatic rings. The van der Waals surface area contributed by atoms with Crippen LogP contribution in [0, 0.1) is 0 Å². The average molecular weight is 418 g/mol. The molecule has 0 spiro atoms. The van der Waals surface area contributed by atoms with E-state index in [0.717, 1.165) is 37.5 Å². The quantitative estimate of drug-likeness (QED) is 0.722. The predicted molar refractivity (Wildman–Crippen MR) is 111 cm³/mol. The highest BCUT2D eigenvalue weighted by Crippen LogP contribution is 2.41. The molecule has 0 amide bonds.